The van der Waals surface area contributed by atoms with E-state index >= 15 is 0 Å². The number of carbonyl (C=O) groups is 2. The van der Waals surface area contributed by atoms with Crippen molar-refractivity contribution >= 4 is 17.5 Å². The quantitative estimate of drug-likeness (QED) is 0.631. The number of likely N-dealkylation sites (N-methyl/N-ethyl adjacent to an activating group) is 1. The van der Waals surface area contributed by atoms with Crippen LogP contribution in [0.3, 0.4) is 0 Å². The fourth-order valence-electron chi connectivity index (χ4n) is 3.66. The molecule has 8 nitrogen and oxygen atoms in total. The van der Waals surface area contributed by atoms with Crippen LogP contribution >= 0.6 is 0 Å². The smallest absolute Gasteiger partial charge is 0.262 e. The molecule has 1 atom stereocenters. The van der Waals surface area contributed by atoms with Crippen molar-refractivity contribution in [2.45, 2.75) is 25.8 Å². The molecule has 0 aromatic heterocycles. The van der Waals surface area contributed by atoms with E-state index in [0.717, 1.165) is 22.6 Å². The first kappa shape index (κ1) is 23.1. The number of hydrogen-bond donors (Lipinski definition) is 0. The van der Waals surface area contributed by atoms with Crippen LogP contribution in [0.2, 0.25) is 0 Å². The number of hydrogen-bond acceptors (Lipinski definition) is 6. The summed E-state index contributed by atoms with van der Waals surface area (Å²) < 4.78 is 16.1. The average molecular weight is 440 g/mol. The van der Waals surface area contributed by atoms with Crippen LogP contribution in [0.15, 0.2) is 47.6 Å². The van der Waals surface area contributed by atoms with Gasteiger partial charge in [0.25, 0.3) is 5.91 Å². The highest BCUT2D eigenvalue weighted by Gasteiger charge is 2.34. The van der Waals surface area contributed by atoms with Gasteiger partial charge in [0.05, 0.1) is 33.1 Å². The summed E-state index contributed by atoms with van der Waals surface area (Å²) in [5.74, 6) is 1.67. The Morgan fingerprint density at radius 1 is 1.03 bits per heavy atom. The number of hydrazone groups is 1. The summed E-state index contributed by atoms with van der Waals surface area (Å²) in [6.45, 7) is 1.72. The third-order valence-corrected chi connectivity index (χ3v) is 5.49. The number of ether oxygens (including phenoxy) is 3. The van der Waals surface area contributed by atoms with Gasteiger partial charge in [0.1, 0.15) is 23.8 Å². The van der Waals surface area contributed by atoms with Gasteiger partial charge in [0.15, 0.2) is 0 Å². The van der Waals surface area contributed by atoms with Gasteiger partial charge in [-0.2, -0.15) is 5.10 Å². The molecule has 0 saturated heterocycles. The average Bonchev–Trinajstić information content (AvgIpc) is 3.28. The lowest BCUT2D eigenvalue weighted by Crippen LogP contribution is -2.38. The monoisotopic (exact) mass is 439 g/mol. The summed E-state index contributed by atoms with van der Waals surface area (Å²) >= 11 is 0. The van der Waals surface area contributed by atoms with E-state index in [0.29, 0.717) is 24.3 Å². The van der Waals surface area contributed by atoms with E-state index in [2.05, 4.69) is 5.10 Å². The molecule has 8 heteroatoms. The Bertz CT molecular complexity index is 1000. The van der Waals surface area contributed by atoms with Gasteiger partial charge in [-0.1, -0.05) is 19.1 Å². The Hall–Kier alpha value is -3.55. The minimum atomic E-state index is -0.305. The lowest BCUT2D eigenvalue weighted by molar-refractivity contribution is -0.140. The molecule has 32 heavy (non-hydrogen) atoms. The van der Waals surface area contributed by atoms with Gasteiger partial charge in [-0.3, -0.25) is 9.59 Å². The van der Waals surface area contributed by atoms with E-state index in [4.69, 9.17) is 14.2 Å². The summed E-state index contributed by atoms with van der Waals surface area (Å²) in [6.07, 6.45) is 0.843. The first-order chi connectivity index (χ1) is 15.4. The van der Waals surface area contributed by atoms with Crippen LogP contribution in [-0.4, -0.2) is 62.4 Å². The lowest BCUT2D eigenvalue weighted by Gasteiger charge is -2.25. The summed E-state index contributed by atoms with van der Waals surface area (Å²) in [6, 6.07) is 12.8. The maximum Gasteiger partial charge on any atom is 0.262 e. The Morgan fingerprint density at radius 3 is 2.28 bits per heavy atom. The molecule has 1 aliphatic heterocycles. The van der Waals surface area contributed by atoms with Crippen molar-refractivity contribution in [2.24, 2.45) is 5.10 Å². The van der Waals surface area contributed by atoms with Crippen molar-refractivity contribution in [1.82, 2.24) is 9.91 Å². The maximum atomic E-state index is 13.2. The first-order valence-electron chi connectivity index (χ1n) is 10.4. The molecule has 0 aliphatic carbocycles. The predicted molar refractivity (Wildman–Crippen MR) is 121 cm³/mol. The molecule has 3 rings (SSSR count). The predicted octanol–water partition coefficient (Wildman–Crippen LogP) is 3.26. The molecule has 0 bridgehead atoms. The van der Waals surface area contributed by atoms with Crippen LogP contribution in [0.5, 0.6) is 17.2 Å². The van der Waals surface area contributed by atoms with E-state index in [1.165, 1.54) is 9.91 Å². The molecule has 0 spiro atoms. The number of rotatable bonds is 8. The van der Waals surface area contributed by atoms with E-state index < -0.39 is 0 Å². The molecule has 1 aliphatic rings. The number of benzene rings is 2. The normalized spacial score (nSPS) is 15.2. The SMILES string of the molecule is CCC(=O)N(C)CC(=O)N1N=C(c2ccc(OC)cc2OC)C[C@H]1c1ccc(OC)cc1. The topological polar surface area (TPSA) is 80.7 Å². The van der Waals surface area contributed by atoms with Gasteiger partial charge in [0, 0.05) is 31.5 Å². The third-order valence-electron chi connectivity index (χ3n) is 5.49. The molecule has 0 N–H and O–H groups in total. The van der Waals surface area contributed by atoms with Crippen LogP contribution < -0.4 is 14.2 Å². The van der Waals surface area contributed by atoms with Gasteiger partial charge in [-0.25, -0.2) is 5.01 Å². The second kappa shape index (κ2) is 10.2. The molecule has 0 radical (unpaired) electrons. The van der Waals surface area contributed by atoms with Crippen molar-refractivity contribution in [1.29, 1.82) is 0 Å². The fourth-order valence-corrected chi connectivity index (χ4v) is 3.66. The number of nitrogens with zero attached hydrogens (tertiary/aromatic N) is 3. The Kier molecular flexibility index (Phi) is 7.35. The highest BCUT2D eigenvalue weighted by atomic mass is 16.5. The molecular weight excluding hydrogens is 410 g/mol. The second-order valence-corrected chi connectivity index (χ2v) is 7.45. The van der Waals surface area contributed by atoms with Crippen molar-refractivity contribution in [3.8, 4) is 17.2 Å². The molecule has 0 saturated carbocycles. The van der Waals surface area contributed by atoms with Gasteiger partial charge < -0.3 is 19.1 Å². The number of amides is 2. The fraction of sp³-hybridized carbons (Fsp3) is 0.375. The zero-order valence-corrected chi connectivity index (χ0v) is 19.1. The molecule has 2 amide bonds. The van der Waals surface area contributed by atoms with E-state index in [1.807, 2.05) is 36.4 Å². The van der Waals surface area contributed by atoms with Gasteiger partial charge >= 0.3 is 0 Å². The van der Waals surface area contributed by atoms with Crippen LogP contribution in [-0.2, 0) is 9.59 Å². The van der Waals surface area contributed by atoms with E-state index in [9.17, 15) is 9.59 Å². The van der Waals surface area contributed by atoms with Crippen LogP contribution in [0.1, 0.15) is 36.9 Å². The molecular formula is C24H29N3O5. The van der Waals surface area contributed by atoms with Gasteiger partial charge in [-0.05, 0) is 29.8 Å². The van der Waals surface area contributed by atoms with Crippen molar-refractivity contribution < 1.29 is 23.8 Å². The van der Waals surface area contributed by atoms with Crippen LogP contribution in [0.25, 0.3) is 0 Å². The Labute approximate surface area is 188 Å². The third kappa shape index (κ3) is 4.85. The summed E-state index contributed by atoms with van der Waals surface area (Å²) in [7, 11) is 6.41. The molecule has 0 unspecified atom stereocenters. The molecule has 1 heterocycles. The molecule has 2 aromatic carbocycles. The van der Waals surface area contributed by atoms with E-state index in [1.54, 1.807) is 41.4 Å². The minimum absolute atomic E-state index is 0.0458. The van der Waals surface area contributed by atoms with Gasteiger partial charge in [0.2, 0.25) is 5.91 Å². The Balaban J connectivity index is 1.96. The molecule has 0 fully saturated rings. The van der Waals surface area contributed by atoms with Crippen LogP contribution in [0, 0.1) is 0 Å². The van der Waals surface area contributed by atoms with Gasteiger partial charge in [-0.15, -0.1) is 0 Å². The largest absolute Gasteiger partial charge is 0.497 e. The molecule has 170 valence electrons. The minimum Gasteiger partial charge on any atom is -0.497 e. The van der Waals surface area contributed by atoms with Crippen molar-refractivity contribution in [3.63, 3.8) is 0 Å². The second-order valence-electron chi connectivity index (χ2n) is 7.45. The zero-order valence-electron chi connectivity index (χ0n) is 19.1. The Morgan fingerprint density at radius 2 is 1.69 bits per heavy atom. The summed E-state index contributed by atoms with van der Waals surface area (Å²) in [5, 5.41) is 6.14. The van der Waals surface area contributed by atoms with Crippen molar-refractivity contribution in [2.75, 3.05) is 34.9 Å². The number of methoxy groups -OCH3 is 3. The standard InChI is InChI=1S/C24H29N3O5/c1-6-23(28)26(2)15-24(29)27-21(16-7-9-17(30-3)10-8-16)14-20(25-27)19-12-11-18(31-4)13-22(19)32-5/h7-13,21H,6,14-15H2,1-5H3/t21-/m0/s1. The summed E-state index contributed by atoms with van der Waals surface area (Å²) in [5.41, 5.74) is 2.44. The van der Waals surface area contributed by atoms with Crippen molar-refractivity contribution in [3.05, 3.63) is 53.6 Å². The summed E-state index contributed by atoms with van der Waals surface area (Å²) in [4.78, 5) is 26.6. The van der Waals surface area contributed by atoms with Crippen LogP contribution in [0.4, 0.5) is 0 Å². The first-order valence-corrected chi connectivity index (χ1v) is 10.4. The highest BCUT2D eigenvalue weighted by Crippen LogP contribution is 2.36. The number of carbonyl (C=O) groups excluding carboxylic acids is 2. The highest BCUT2D eigenvalue weighted by molar-refractivity contribution is 6.05. The molecule has 2 aromatic rings. The zero-order chi connectivity index (χ0) is 23.3. The lowest BCUT2D eigenvalue weighted by atomic mass is 9.97. The maximum absolute atomic E-state index is 13.2. The van der Waals surface area contributed by atoms with E-state index in [-0.39, 0.29) is 24.4 Å².